The number of nitrogens with one attached hydrogen (secondary N) is 2. The summed E-state index contributed by atoms with van der Waals surface area (Å²) in [5.41, 5.74) is 1.98. The molecule has 0 saturated heterocycles. The van der Waals surface area contributed by atoms with Crippen LogP contribution >= 0.6 is 0 Å². The third kappa shape index (κ3) is 3.42. The Morgan fingerprint density at radius 2 is 1.77 bits per heavy atom. The quantitative estimate of drug-likeness (QED) is 0.465. The molecule has 5 rings (SSSR count). The van der Waals surface area contributed by atoms with Crippen molar-refractivity contribution in [3.63, 3.8) is 0 Å². The van der Waals surface area contributed by atoms with Gasteiger partial charge in [0.05, 0.1) is 28.1 Å². The predicted octanol–water partition coefficient (Wildman–Crippen LogP) is 2.16. The first-order valence-electron chi connectivity index (χ1n) is 9.29. The number of fused-ring (bicyclic) bond motifs is 2. The fourth-order valence-electron chi connectivity index (χ4n) is 3.48. The smallest absolute Gasteiger partial charge is 0.263 e. The van der Waals surface area contributed by atoms with Crippen LogP contribution in [0.25, 0.3) is 10.9 Å². The van der Waals surface area contributed by atoms with E-state index in [-0.39, 0.29) is 21.8 Å². The zero-order valence-electron chi connectivity index (χ0n) is 15.9. The highest BCUT2D eigenvalue weighted by Crippen LogP contribution is 2.22. The van der Waals surface area contributed by atoms with Crippen molar-refractivity contribution in [2.24, 2.45) is 0 Å². The molecule has 0 atom stereocenters. The molecule has 0 bridgehead atoms. The second-order valence-electron chi connectivity index (χ2n) is 6.99. The summed E-state index contributed by atoms with van der Waals surface area (Å²) >= 11 is 0. The number of nitrogens with zero attached hydrogens (tertiary/aromatic N) is 3. The lowest BCUT2D eigenvalue weighted by Crippen LogP contribution is -2.20. The molecule has 9 nitrogen and oxygen atoms in total. The number of carbonyl (C=O) groups excluding carboxylic acids is 2. The summed E-state index contributed by atoms with van der Waals surface area (Å²) in [6.07, 6.45) is 3.38. The minimum atomic E-state index is -4.00. The zero-order chi connectivity index (χ0) is 21.6. The molecule has 31 heavy (non-hydrogen) atoms. The number of rotatable bonds is 5. The average Bonchev–Trinajstić information content (AvgIpc) is 3.31. The van der Waals surface area contributed by atoms with Crippen molar-refractivity contribution in [1.82, 2.24) is 20.1 Å². The number of imide groups is 1. The average molecular weight is 433 g/mol. The molecule has 0 fully saturated rings. The Balaban J connectivity index is 1.39. The number of anilines is 1. The SMILES string of the molecule is O=C1NC(=O)c2cc(S(=O)(=O)Nc3ccn(Cc4cccc5cccnc45)n3)ccc21. The number of hydrogen-bond acceptors (Lipinski definition) is 6. The third-order valence-corrected chi connectivity index (χ3v) is 6.30. The highest BCUT2D eigenvalue weighted by molar-refractivity contribution is 7.92. The first-order chi connectivity index (χ1) is 14.9. The fourth-order valence-corrected chi connectivity index (χ4v) is 4.51. The van der Waals surface area contributed by atoms with Gasteiger partial charge in [-0.1, -0.05) is 24.3 Å². The minimum Gasteiger partial charge on any atom is -0.288 e. The fraction of sp³-hybridized carbons (Fsp3) is 0.0476. The van der Waals surface area contributed by atoms with E-state index in [2.05, 4.69) is 20.1 Å². The van der Waals surface area contributed by atoms with E-state index in [1.54, 1.807) is 23.1 Å². The van der Waals surface area contributed by atoms with Crippen molar-refractivity contribution in [3.8, 4) is 0 Å². The highest BCUT2D eigenvalue weighted by Gasteiger charge is 2.29. The molecule has 0 saturated carbocycles. The predicted molar refractivity (Wildman–Crippen MR) is 112 cm³/mol. The van der Waals surface area contributed by atoms with Crippen LogP contribution in [0.2, 0.25) is 0 Å². The van der Waals surface area contributed by atoms with Gasteiger partial charge in [0.25, 0.3) is 21.8 Å². The van der Waals surface area contributed by atoms with Crippen LogP contribution in [0, 0.1) is 0 Å². The van der Waals surface area contributed by atoms with Crippen LogP contribution in [-0.2, 0) is 16.6 Å². The lowest BCUT2D eigenvalue weighted by atomic mass is 10.1. The maximum atomic E-state index is 12.7. The molecular weight excluding hydrogens is 418 g/mol. The Labute approximate surface area is 176 Å². The molecule has 0 radical (unpaired) electrons. The minimum absolute atomic E-state index is 0.0295. The monoisotopic (exact) mass is 433 g/mol. The lowest BCUT2D eigenvalue weighted by Gasteiger charge is -2.07. The van der Waals surface area contributed by atoms with Gasteiger partial charge in [-0.25, -0.2) is 8.42 Å². The Hall–Kier alpha value is -4.05. The van der Waals surface area contributed by atoms with Gasteiger partial charge < -0.3 is 0 Å². The number of benzene rings is 2. The number of sulfonamides is 1. The van der Waals surface area contributed by atoms with Crippen LogP contribution in [0.1, 0.15) is 26.3 Å². The summed E-state index contributed by atoms with van der Waals surface area (Å²) in [5.74, 6) is -1.03. The van der Waals surface area contributed by atoms with Gasteiger partial charge >= 0.3 is 0 Å². The van der Waals surface area contributed by atoms with E-state index in [9.17, 15) is 18.0 Å². The van der Waals surface area contributed by atoms with Crippen molar-refractivity contribution in [2.45, 2.75) is 11.4 Å². The molecule has 10 heteroatoms. The van der Waals surface area contributed by atoms with Gasteiger partial charge in [0.2, 0.25) is 0 Å². The second-order valence-corrected chi connectivity index (χ2v) is 8.67. The molecule has 2 aromatic carbocycles. The van der Waals surface area contributed by atoms with Gasteiger partial charge in [-0.3, -0.25) is 29.3 Å². The molecule has 2 amide bonds. The van der Waals surface area contributed by atoms with Crippen LogP contribution in [0.3, 0.4) is 0 Å². The molecule has 3 heterocycles. The first kappa shape index (κ1) is 18.9. The van der Waals surface area contributed by atoms with Gasteiger partial charge in [-0.15, -0.1) is 0 Å². The van der Waals surface area contributed by atoms with Crippen LogP contribution in [-0.4, -0.2) is 35.0 Å². The highest BCUT2D eigenvalue weighted by atomic mass is 32.2. The van der Waals surface area contributed by atoms with Crippen molar-refractivity contribution >= 4 is 38.6 Å². The Bertz CT molecular complexity index is 1470. The first-order valence-corrected chi connectivity index (χ1v) is 10.8. The van der Waals surface area contributed by atoms with Gasteiger partial charge in [-0.2, -0.15) is 5.10 Å². The lowest BCUT2D eigenvalue weighted by molar-refractivity contribution is 0.0879. The van der Waals surface area contributed by atoms with Crippen LogP contribution in [0.15, 0.2) is 71.9 Å². The summed E-state index contributed by atoms with van der Waals surface area (Å²) in [5, 5.41) is 7.43. The van der Waals surface area contributed by atoms with E-state index in [1.807, 2.05) is 30.3 Å². The maximum absolute atomic E-state index is 12.7. The van der Waals surface area contributed by atoms with E-state index in [0.717, 1.165) is 16.5 Å². The second kappa shape index (κ2) is 7.03. The van der Waals surface area contributed by atoms with Crippen molar-refractivity contribution in [1.29, 1.82) is 0 Å². The van der Waals surface area contributed by atoms with Gasteiger partial charge in [0, 0.05) is 23.8 Å². The molecule has 0 aliphatic carbocycles. The summed E-state index contributed by atoms with van der Waals surface area (Å²) in [4.78, 5) is 27.7. The number of pyridine rings is 1. The van der Waals surface area contributed by atoms with E-state index >= 15 is 0 Å². The van der Waals surface area contributed by atoms with E-state index < -0.39 is 21.8 Å². The topological polar surface area (TPSA) is 123 Å². The maximum Gasteiger partial charge on any atom is 0.263 e. The molecule has 154 valence electrons. The standard InChI is InChI=1S/C21H15N5O4S/c27-20-16-7-6-15(11-17(16)21(28)23-20)31(29,30)25-18-8-10-26(24-18)12-14-4-1-3-13-5-2-9-22-19(13)14/h1-11H,12H2,(H,24,25)(H,23,27,28). The summed E-state index contributed by atoms with van der Waals surface area (Å²) in [6.45, 7) is 0.414. The zero-order valence-corrected chi connectivity index (χ0v) is 16.8. The molecular formula is C21H15N5O4S. The Morgan fingerprint density at radius 1 is 0.968 bits per heavy atom. The van der Waals surface area contributed by atoms with Gasteiger partial charge in [0.15, 0.2) is 5.82 Å². The van der Waals surface area contributed by atoms with Crippen LogP contribution in [0.5, 0.6) is 0 Å². The Kier molecular flexibility index (Phi) is 4.29. The van der Waals surface area contributed by atoms with Crippen LogP contribution in [0.4, 0.5) is 5.82 Å². The van der Waals surface area contributed by atoms with Crippen molar-refractivity contribution in [2.75, 3.05) is 4.72 Å². The van der Waals surface area contributed by atoms with E-state index in [4.69, 9.17) is 0 Å². The number of carbonyl (C=O) groups is 2. The van der Waals surface area contributed by atoms with E-state index in [1.165, 1.54) is 18.2 Å². The molecule has 1 aliphatic heterocycles. The largest absolute Gasteiger partial charge is 0.288 e. The third-order valence-electron chi connectivity index (χ3n) is 4.95. The molecule has 2 aromatic heterocycles. The van der Waals surface area contributed by atoms with E-state index in [0.29, 0.717) is 6.54 Å². The van der Waals surface area contributed by atoms with Gasteiger partial charge in [0.1, 0.15) is 0 Å². The molecule has 4 aromatic rings. The number of amides is 2. The number of hydrogen-bond donors (Lipinski definition) is 2. The molecule has 2 N–H and O–H groups in total. The van der Waals surface area contributed by atoms with Gasteiger partial charge in [-0.05, 0) is 29.8 Å². The molecule has 1 aliphatic rings. The summed E-state index contributed by atoms with van der Waals surface area (Å²) < 4.78 is 29.5. The molecule has 0 spiro atoms. The van der Waals surface area contributed by atoms with Crippen molar-refractivity contribution in [3.05, 3.63) is 83.7 Å². The Morgan fingerprint density at radius 3 is 2.65 bits per heavy atom. The van der Waals surface area contributed by atoms with Crippen molar-refractivity contribution < 1.29 is 18.0 Å². The molecule has 0 unspecified atom stereocenters. The normalized spacial score (nSPS) is 13.3. The number of aromatic nitrogens is 3. The van der Waals surface area contributed by atoms with Crippen LogP contribution < -0.4 is 10.0 Å². The number of para-hydroxylation sites is 1. The summed E-state index contributed by atoms with van der Waals surface area (Å²) in [6, 6.07) is 15.0. The summed E-state index contributed by atoms with van der Waals surface area (Å²) in [7, 11) is -4.00.